The summed E-state index contributed by atoms with van der Waals surface area (Å²) in [7, 11) is 0. The van der Waals surface area contributed by atoms with Gasteiger partial charge >= 0.3 is 0 Å². The smallest absolute Gasteiger partial charge is 0.258 e. The molecule has 25 heavy (non-hydrogen) atoms. The van der Waals surface area contributed by atoms with Crippen molar-refractivity contribution in [3.8, 4) is 5.75 Å². The molecule has 0 aliphatic heterocycles. The molecule has 0 atom stereocenters. The largest absolute Gasteiger partial charge is 0.484 e. The molecule has 0 spiro atoms. The van der Waals surface area contributed by atoms with Gasteiger partial charge in [0.1, 0.15) is 5.75 Å². The Kier molecular flexibility index (Phi) is 5.47. The van der Waals surface area contributed by atoms with Gasteiger partial charge in [-0.3, -0.25) is 4.79 Å². The average Bonchev–Trinajstić information content (AvgIpc) is 2.66. The fourth-order valence-corrected chi connectivity index (χ4v) is 2.71. The molecule has 0 unspecified atom stereocenters. The lowest BCUT2D eigenvalue weighted by atomic mass is 9.99. The van der Waals surface area contributed by atoms with E-state index in [0.29, 0.717) is 5.75 Å². The first-order valence-corrected chi connectivity index (χ1v) is 8.31. The lowest BCUT2D eigenvalue weighted by Crippen LogP contribution is -2.33. The Morgan fingerprint density at radius 1 is 0.880 bits per heavy atom. The molecule has 126 valence electrons. The van der Waals surface area contributed by atoms with Crippen LogP contribution < -0.4 is 10.1 Å². The van der Waals surface area contributed by atoms with E-state index in [1.165, 1.54) is 0 Å². The highest BCUT2D eigenvalue weighted by Crippen LogP contribution is 2.21. The van der Waals surface area contributed by atoms with Crippen LogP contribution in [0, 0.1) is 6.92 Å². The summed E-state index contributed by atoms with van der Waals surface area (Å²) in [6, 6.07) is 27.4. The number of aryl methyl sites for hydroxylation is 1. The number of hydrogen-bond donors (Lipinski definition) is 1. The molecule has 0 bridgehead atoms. The van der Waals surface area contributed by atoms with Gasteiger partial charge < -0.3 is 10.1 Å². The van der Waals surface area contributed by atoms with Crippen molar-refractivity contribution in [1.82, 2.24) is 5.32 Å². The summed E-state index contributed by atoms with van der Waals surface area (Å²) in [4.78, 5) is 12.4. The van der Waals surface area contributed by atoms with Crippen molar-refractivity contribution in [2.45, 2.75) is 13.0 Å². The molecule has 0 fully saturated rings. The van der Waals surface area contributed by atoms with Gasteiger partial charge in [0.05, 0.1) is 6.04 Å². The van der Waals surface area contributed by atoms with Gasteiger partial charge in [-0.15, -0.1) is 0 Å². The normalized spacial score (nSPS) is 10.5. The second kappa shape index (κ2) is 8.15. The van der Waals surface area contributed by atoms with Gasteiger partial charge in [0, 0.05) is 0 Å². The third-order valence-corrected chi connectivity index (χ3v) is 3.93. The summed E-state index contributed by atoms with van der Waals surface area (Å²) in [6.07, 6.45) is 0. The van der Waals surface area contributed by atoms with E-state index >= 15 is 0 Å². The molecule has 3 aromatic carbocycles. The van der Waals surface area contributed by atoms with Crippen molar-refractivity contribution in [3.63, 3.8) is 0 Å². The van der Waals surface area contributed by atoms with Crippen LogP contribution in [0.4, 0.5) is 0 Å². The summed E-state index contributed by atoms with van der Waals surface area (Å²) >= 11 is 0. The number of carbonyl (C=O) groups is 1. The Bertz CT molecular complexity index is 776. The molecule has 1 amide bonds. The van der Waals surface area contributed by atoms with E-state index in [0.717, 1.165) is 16.7 Å². The predicted molar refractivity (Wildman–Crippen MR) is 99.5 cm³/mol. The summed E-state index contributed by atoms with van der Waals surface area (Å²) in [5.41, 5.74) is 3.18. The van der Waals surface area contributed by atoms with Crippen LogP contribution in [0.2, 0.25) is 0 Å². The second-order valence-corrected chi connectivity index (χ2v) is 5.93. The van der Waals surface area contributed by atoms with Crippen LogP contribution >= 0.6 is 0 Å². The van der Waals surface area contributed by atoms with Crippen LogP contribution in [0.3, 0.4) is 0 Å². The molecule has 0 aliphatic rings. The molecule has 0 saturated carbocycles. The van der Waals surface area contributed by atoms with Crippen LogP contribution in [0.25, 0.3) is 0 Å². The predicted octanol–water partition coefficient (Wildman–Crippen LogP) is 4.28. The van der Waals surface area contributed by atoms with Gasteiger partial charge in [0.15, 0.2) is 6.61 Å². The first-order chi connectivity index (χ1) is 12.2. The van der Waals surface area contributed by atoms with Crippen LogP contribution in [-0.2, 0) is 4.79 Å². The lowest BCUT2D eigenvalue weighted by molar-refractivity contribution is -0.123. The molecule has 0 aliphatic carbocycles. The monoisotopic (exact) mass is 331 g/mol. The van der Waals surface area contributed by atoms with E-state index in [4.69, 9.17) is 4.74 Å². The highest BCUT2D eigenvalue weighted by molar-refractivity contribution is 5.78. The lowest BCUT2D eigenvalue weighted by Gasteiger charge is -2.20. The Balaban J connectivity index is 1.71. The number of ether oxygens (including phenoxy) is 1. The number of benzene rings is 3. The summed E-state index contributed by atoms with van der Waals surface area (Å²) in [5, 5.41) is 3.07. The van der Waals surface area contributed by atoms with Gasteiger partial charge in [0.2, 0.25) is 0 Å². The van der Waals surface area contributed by atoms with Gasteiger partial charge in [-0.1, -0.05) is 72.8 Å². The maximum Gasteiger partial charge on any atom is 0.258 e. The molecule has 0 heterocycles. The molecule has 3 nitrogen and oxygen atoms in total. The summed E-state index contributed by atoms with van der Waals surface area (Å²) < 4.78 is 5.61. The maximum atomic E-state index is 12.4. The zero-order valence-corrected chi connectivity index (χ0v) is 14.2. The van der Waals surface area contributed by atoms with Crippen LogP contribution in [-0.4, -0.2) is 12.5 Å². The van der Waals surface area contributed by atoms with E-state index in [-0.39, 0.29) is 18.6 Å². The minimum atomic E-state index is -0.198. The highest BCUT2D eigenvalue weighted by atomic mass is 16.5. The summed E-state index contributed by atoms with van der Waals surface area (Å²) in [6.45, 7) is 1.98. The van der Waals surface area contributed by atoms with Gasteiger partial charge in [-0.2, -0.15) is 0 Å². The van der Waals surface area contributed by atoms with Crippen molar-refractivity contribution in [1.29, 1.82) is 0 Å². The van der Waals surface area contributed by atoms with Crippen LogP contribution in [0.15, 0.2) is 84.9 Å². The minimum absolute atomic E-state index is 0.0143. The quantitative estimate of drug-likeness (QED) is 0.732. The van der Waals surface area contributed by atoms with Crippen LogP contribution in [0.5, 0.6) is 5.75 Å². The zero-order valence-electron chi connectivity index (χ0n) is 14.2. The Hall–Kier alpha value is -3.07. The van der Waals surface area contributed by atoms with E-state index in [9.17, 15) is 4.79 Å². The number of nitrogens with one attached hydrogen (secondary N) is 1. The standard InChI is InChI=1S/C22H21NO2/c1-17-9-8-14-20(15-17)25-16-21(24)23-22(18-10-4-2-5-11-18)19-12-6-3-7-13-19/h2-15,22H,16H2,1H3,(H,23,24). The molecule has 0 saturated heterocycles. The highest BCUT2D eigenvalue weighted by Gasteiger charge is 2.16. The fourth-order valence-electron chi connectivity index (χ4n) is 2.71. The van der Waals surface area contributed by atoms with E-state index in [1.807, 2.05) is 91.9 Å². The Morgan fingerprint density at radius 3 is 2.04 bits per heavy atom. The van der Waals surface area contributed by atoms with E-state index in [2.05, 4.69) is 5.32 Å². The van der Waals surface area contributed by atoms with E-state index in [1.54, 1.807) is 0 Å². The van der Waals surface area contributed by atoms with Crippen LogP contribution in [0.1, 0.15) is 22.7 Å². The van der Waals surface area contributed by atoms with Crippen molar-refractivity contribution in [2.24, 2.45) is 0 Å². The topological polar surface area (TPSA) is 38.3 Å². The van der Waals surface area contributed by atoms with Crippen molar-refractivity contribution >= 4 is 5.91 Å². The molecular formula is C22H21NO2. The zero-order chi connectivity index (χ0) is 17.5. The van der Waals surface area contributed by atoms with Crippen molar-refractivity contribution in [2.75, 3.05) is 6.61 Å². The number of rotatable bonds is 6. The molecule has 0 radical (unpaired) electrons. The minimum Gasteiger partial charge on any atom is -0.484 e. The third-order valence-electron chi connectivity index (χ3n) is 3.93. The van der Waals surface area contributed by atoms with Gasteiger partial charge in [0.25, 0.3) is 5.91 Å². The first-order valence-electron chi connectivity index (χ1n) is 8.31. The van der Waals surface area contributed by atoms with Gasteiger partial charge in [-0.25, -0.2) is 0 Å². The average molecular weight is 331 g/mol. The maximum absolute atomic E-state index is 12.4. The molecule has 3 aromatic rings. The van der Waals surface area contributed by atoms with Gasteiger partial charge in [-0.05, 0) is 35.7 Å². The van der Waals surface area contributed by atoms with Crippen molar-refractivity contribution < 1.29 is 9.53 Å². The molecular weight excluding hydrogens is 310 g/mol. The number of amides is 1. The molecule has 1 N–H and O–H groups in total. The first kappa shape index (κ1) is 16.8. The third kappa shape index (κ3) is 4.70. The number of hydrogen-bond acceptors (Lipinski definition) is 2. The SMILES string of the molecule is Cc1cccc(OCC(=O)NC(c2ccccc2)c2ccccc2)c1. The fraction of sp³-hybridized carbons (Fsp3) is 0.136. The number of carbonyl (C=O) groups excluding carboxylic acids is 1. The Labute approximate surface area is 148 Å². The van der Waals surface area contributed by atoms with E-state index < -0.39 is 0 Å². The molecule has 3 rings (SSSR count). The summed E-state index contributed by atoms with van der Waals surface area (Å²) in [5.74, 6) is 0.547. The Morgan fingerprint density at radius 2 is 1.48 bits per heavy atom. The van der Waals surface area contributed by atoms with Crippen molar-refractivity contribution in [3.05, 3.63) is 102 Å². The molecule has 3 heteroatoms. The molecule has 0 aromatic heterocycles. The second-order valence-electron chi connectivity index (χ2n) is 5.93.